The average molecular weight is 236 g/mol. The molecule has 2 aromatic rings. The number of aliphatic carboxylic acids is 1. The van der Waals surface area contributed by atoms with E-state index in [1.807, 2.05) is 0 Å². The number of carboxylic acid groups (broad SMARTS) is 1. The van der Waals surface area contributed by atoms with Crippen LogP contribution in [0.25, 0.3) is 5.78 Å². The van der Waals surface area contributed by atoms with Gasteiger partial charge in [0.25, 0.3) is 5.78 Å². The van der Waals surface area contributed by atoms with Gasteiger partial charge in [0.1, 0.15) is 6.33 Å². The average Bonchev–Trinajstić information content (AvgIpc) is 2.66. The van der Waals surface area contributed by atoms with Gasteiger partial charge in [-0.25, -0.2) is 4.68 Å². The molecule has 0 aliphatic rings. The van der Waals surface area contributed by atoms with Crippen molar-refractivity contribution in [2.45, 2.75) is 5.16 Å². The summed E-state index contributed by atoms with van der Waals surface area (Å²) in [7, 11) is 0. The van der Waals surface area contributed by atoms with E-state index >= 15 is 0 Å². The van der Waals surface area contributed by atoms with Gasteiger partial charge in [-0.1, -0.05) is 11.8 Å². The molecule has 0 fully saturated rings. The molecule has 10 heteroatoms. The van der Waals surface area contributed by atoms with Gasteiger partial charge in [-0.2, -0.15) is 9.61 Å². The summed E-state index contributed by atoms with van der Waals surface area (Å²) in [6.45, 7) is 0. The number of nitrogen functional groups attached to an aromatic ring is 1. The Morgan fingerprint density at radius 3 is 3.00 bits per heavy atom. The van der Waals surface area contributed by atoms with Crippen molar-refractivity contribution in [3.63, 3.8) is 0 Å². The second kappa shape index (κ2) is 4.84. The van der Waals surface area contributed by atoms with Crippen LogP contribution in [0, 0.1) is 0 Å². The third kappa shape index (κ3) is 2.43. The first-order valence-electron chi connectivity index (χ1n) is 3.55. The molecule has 0 saturated carbocycles. The van der Waals surface area contributed by atoms with E-state index in [9.17, 15) is 9.90 Å². The number of carboxylic acids is 1. The van der Waals surface area contributed by atoms with Gasteiger partial charge in [0.15, 0.2) is 0 Å². The number of hydrogen-bond donors (Lipinski definition) is 1. The van der Waals surface area contributed by atoms with Crippen molar-refractivity contribution >= 4 is 23.5 Å². The van der Waals surface area contributed by atoms with E-state index in [2.05, 4.69) is 15.3 Å². The number of carbonyl (C=O) groups is 1. The summed E-state index contributed by atoms with van der Waals surface area (Å²) in [5, 5.41) is 21.8. The number of carbonyl (C=O) groups excluding carboxylic acids is 1. The predicted octanol–water partition coefficient (Wildman–Crippen LogP) is -5.51. The van der Waals surface area contributed by atoms with E-state index in [-0.39, 0.29) is 35.3 Å². The third-order valence-corrected chi connectivity index (χ3v) is 2.33. The molecule has 0 amide bonds. The molecule has 2 N–H and O–H groups in total. The summed E-state index contributed by atoms with van der Waals surface area (Å²) in [6, 6.07) is 0. The van der Waals surface area contributed by atoms with E-state index in [1.54, 1.807) is 0 Å². The van der Waals surface area contributed by atoms with E-state index in [0.717, 1.165) is 11.8 Å². The Morgan fingerprint density at radius 1 is 1.60 bits per heavy atom. The molecule has 0 aliphatic heterocycles. The molecule has 0 bridgehead atoms. The Labute approximate surface area is 110 Å². The number of hydrogen-bond acceptors (Lipinski definition) is 7. The zero-order chi connectivity index (χ0) is 10.1. The van der Waals surface area contributed by atoms with Crippen LogP contribution in [0.2, 0.25) is 0 Å². The van der Waals surface area contributed by atoms with Gasteiger partial charge in [0, 0.05) is 5.75 Å². The van der Waals surface area contributed by atoms with Gasteiger partial charge < -0.3 is 15.7 Å². The van der Waals surface area contributed by atoms with Crippen LogP contribution in [0.1, 0.15) is 0 Å². The quantitative estimate of drug-likeness (QED) is 0.321. The van der Waals surface area contributed by atoms with Crippen LogP contribution in [-0.2, 0) is 4.79 Å². The summed E-state index contributed by atoms with van der Waals surface area (Å²) in [5.41, 5.74) is 0. The molecule has 15 heavy (non-hydrogen) atoms. The van der Waals surface area contributed by atoms with Crippen molar-refractivity contribution in [3.8, 4) is 0 Å². The van der Waals surface area contributed by atoms with Crippen molar-refractivity contribution in [1.82, 2.24) is 24.5 Å². The Hall–Kier alpha value is -0.770. The smallest absolute Gasteiger partial charge is 0.549 e. The molecular weight excluding hydrogens is 231 g/mol. The first kappa shape index (κ1) is 12.3. The Balaban J connectivity index is 0.00000112. The maximum atomic E-state index is 10.2. The minimum atomic E-state index is -1.17. The standard InChI is InChI=1S/C5H6N6O2S.Na/c6-10-2-7-11-4(10)8-9-5(11)14-1-3(12)13;/h2H,1,6H2,(H,12,13);/q;+1/p-1. The van der Waals surface area contributed by atoms with Gasteiger partial charge >= 0.3 is 29.6 Å². The fourth-order valence-electron chi connectivity index (χ4n) is 0.892. The van der Waals surface area contributed by atoms with Crippen molar-refractivity contribution < 1.29 is 39.5 Å². The zero-order valence-corrected chi connectivity index (χ0v) is 10.6. The number of aromatic nitrogens is 5. The monoisotopic (exact) mass is 236 g/mol. The summed E-state index contributed by atoms with van der Waals surface area (Å²) in [4.78, 5) is 10.2. The van der Waals surface area contributed by atoms with Crippen molar-refractivity contribution in [2.24, 2.45) is 0 Å². The maximum Gasteiger partial charge on any atom is 1.00 e. The van der Waals surface area contributed by atoms with Crippen LogP contribution >= 0.6 is 11.8 Å². The first-order valence-corrected chi connectivity index (χ1v) is 4.53. The number of nitrogens with two attached hydrogens (primary N) is 1. The summed E-state index contributed by atoms with van der Waals surface area (Å²) >= 11 is 0.974. The van der Waals surface area contributed by atoms with Crippen LogP contribution in [0.15, 0.2) is 11.5 Å². The second-order valence-corrected chi connectivity index (χ2v) is 3.34. The predicted molar refractivity (Wildman–Crippen MR) is 44.7 cm³/mol. The van der Waals surface area contributed by atoms with Crippen molar-refractivity contribution in [2.75, 3.05) is 11.6 Å². The molecule has 2 rings (SSSR count). The SMILES string of the molecule is Nn1cnn2c(SCC(=O)[O-])nnc12.[Na+]. The molecule has 2 heterocycles. The van der Waals surface area contributed by atoms with Crippen molar-refractivity contribution in [3.05, 3.63) is 6.33 Å². The van der Waals surface area contributed by atoms with Gasteiger partial charge in [-0.3, -0.25) is 0 Å². The van der Waals surface area contributed by atoms with E-state index in [0.29, 0.717) is 10.9 Å². The summed E-state index contributed by atoms with van der Waals surface area (Å²) in [5.74, 6) is 4.43. The van der Waals surface area contributed by atoms with Gasteiger partial charge in [0.05, 0.1) is 5.97 Å². The van der Waals surface area contributed by atoms with Crippen molar-refractivity contribution in [1.29, 1.82) is 0 Å². The molecule has 0 aromatic carbocycles. The first-order chi connectivity index (χ1) is 6.68. The summed E-state index contributed by atoms with van der Waals surface area (Å²) < 4.78 is 2.55. The second-order valence-electron chi connectivity index (χ2n) is 2.39. The van der Waals surface area contributed by atoms with E-state index < -0.39 is 5.97 Å². The number of nitrogens with zero attached hydrogens (tertiary/aromatic N) is 5. The molecule has 0 radical (unpaired) electrons. The zero-order valence-electron chi connectivity index (χ0n) is 7.82. The van der Waals surface area contributed by atoms with E-state index in [1.165, 1.54) is 15.5 Å². The fraction of sp³-hybridized carbons (Fsp3) is 0.200. The van der Waals surface area contributed by atoms with Crippen LogP contribution in [-0.4, -0.2) is 36.2 Å². The minimum absolute atomic E-state index is 0. The molecule has 0 unspecified atom stereocenters. The van der Waals surface area contributed by atoms with Gasteiger partial charge in [-0.15, -0.1) is 10.2 Å². The molecule has 8 nitrogen and oxygen atoms in total. The number of thioether (sulfide) groups is 1. The maximum absolute atomic E-state index is 10.2. The molecule has 0 atom stereocenters. The molecule has 74 valence electrons. The van der Waals surface area contributed by atoms with Gasteiger partial charge in [-0.05, 0) is 0 Å². The largest absolute Gasteiger partial charge is 1.00 e. The molecule has 2 aromatic heterocycles. The Morgan fingerprint density at radius 2 is 2.33 bits per heavy atom. The third-order valence-electron chi connectivity index (χ3n) is 1.44. The Kier molecular flexibility index (Phi) is 3.97. The Bertz CT molecular complexity index is 481. The fourth-order valence-corrected chi connectivity index (χ4v) is 1.49. The number of fused-ring (bicyclic) bond motifs is 1. The van der Waals surface area contributed by atoms with Crippen LogP contribution < -0.4 is 40.5 Å². The van der Waals surface area contributed by atoms with Gasteiger partial charge in [0.2, 0.25) is 5.16 Å². The van der Waals surface area contributed by atoms with E-state index in [4.69, 9.17) is 5.84 Å². The minimum Gasteiger partial charge on any atom is -0.549 e. The summed E-state index contributed by atoms with van der Waals surface area (Å²) in [6.07, 6.45) is 1.35. The molecule has 0 spiro atoms. The molecule has 0 saturated heterocycles. The van der Waals surface area contributed by atoms with Crippen LogP contribution in [0.4, 0.5) is 0 Å². The normalized spacial score (nSPS) is 10.1. The molecular formula is C5H5N6NaO2S. The van der Waals surface area contributed by atoms with Crippen LogP contribution in [0.3, 0.4) is 0 Å². The van der Waals surface area contributed by atoms with Crippen LogP contribution in [0.5, 0.6) is 0 Å². The topological polar surface area (TPSA) is 114 Å². The molecule has 0 aliphatic carbocycles. The number of rotatable bonds is 3.